The molecular weight excluding hydrogens is 422 g/mol. The van der Waals surface area contributed by atoms with Gasteiger partial charge in [0.2, 0.25) is 0 Å². The van der Waals surface area contributed by atoms with Crippen LogP contribution < -0.4 is 9.47 Å². The summed E-state index contributed by atoms with van der Waals surface area (Å²) in [6.07, 6.45) is 1.03. The number of piperidine rings is 1. The lowest BCUT2D eigenvalue weighted by Crippen LogP contribution is -2.50. The van der Waals surface area contributed by atoms with E-state index in [2.05, 4.69) is 4.90 Å². The van der Waals surface area contributed by atoms with Gasteiger partial charge in [0.1, 0.15) is 12.7 Å². The fourth-order valence-corrected chi connectivity index (χ4v) is 3.75. The van der Waals surface area contributed by atoms with E-state index in [-0.39, 0.29) is 6.10 Å². The highest BCUT2D eigenvalue weighted by Crippen LogP contribution is 2.34. The second kappa shape index (κ2) is 9.97. The van der Waals surface area contributed by atoms with Crippen LogP contribution in [0, 0.1) is 0 Å². The van der Waals surface area contributed by atoms with E-state index in [1.165, 1.54) is 0 Å². The smallest absolute Gasteiger partial charge is 0.261 e. The number of β-amino-alcohol motifs (C(OH)–C–C–N with tert-alkyl or cyclic N) is 1. The minimum absolute atomic E-state index is 0.347. The van der Waals surface area contributed by atoms with Crippen molar-refractivity contribution >= 4 is 10.1 Å². The molecular formula is C22H29NO7S. The molecule has 0 radical (unpaired) electrons. The minimum atomic E-state index is -3.67. The highest BCUT2D eigenvalue weighted by Gasteiger charge is 2.36. The molecule has 1 fully saturated rings. The number of ether oxygens (including phenoxy) is 2. The topological polar surface area (TPSA) is 117 Å². The Labute approximate surface area is 182 Å². The van der Waals surface area contributed by atoms with Crippen molar-refractivity contribution in [3.05, 3.63) is 60.2 Å². The van der Waals surface area contributed by atoms with E-state index in [4.69, 9.17) is 14.0 Å². The van der Waals surface area contributed by atoms with Gasteiger partial charge in [-0.2, -0.15) is 8.42 Å². The Morgan fingerprint density at radius 2 is 1.61 bits per heavy atom. The van der Waals surface area contributed by atoms with Crippen LogP contribution in [0.15, 0.2) is 54.6 Å². The molecule has 0 bridgehead atoms. The zero-order chi connectivity index (χ0) is 22.5. The standard InChI is InChI=1S/C21H25NO4.CH4O3S/c23-17(20-15-25-18-8-4-5-9-19(18)26-20)14-22-12-10-21(24,11-13-22)16-6-2-1-3-7-16;1-5(2,3)4/h1-9,17,20,23-24H,10-15H2;1H3,(H,2,3,4). The van der Waals surface area contributed by atoms with Gasteiger partial charge in [0.15, 0.2) is 17.6 Å². The summed E-state index contributed by atoms with van der Waals surface area (Å²) in [6, 6.07) is 17.4. The van der Waals surface area contributed by atoms with Gasteiger partial charge in [-0.1, -0.05) is 42.5 Å². The van der Waals surface area contributed by atoms with Gasteiger partial charge in [-0.25, -0.2) is 0 Å². The largest absolute Gasteiger partial charge is 0.486 e. The number of hydrogen-bond donors (Lipinski definition) is 3. The van der Waals surface area contributed by atoms with E-state index >= 15 is 0 Å². The molecule has 0 amide bonds. The number of likely N-dealkylation sites (tertiary alicyclic amines) is 1. The summed E-state index contributed by atoms with van der Waals surface area (Å²) in [5, 5.41) is 21.5. The molecule has 8 nitrogen and oxygen atoms in total. The maximum Gasteiger partial charge on any atom is 0.261 e. The van der Waals surface area contributed by atoms with Crippen LogP contribution in [0.1, 0.15) is 18.4 Å². The fourth-order valence-electron chi connectivity index (χ4n) is 3.75. The summed E-state index contributed by atoms with van der Waals surface area (Å²) in [7, 11) is -3.67. The number of aliphatic hydroxyl groups excluding tert-OH is 1. The molecule has 2 heterocycles. The molecule has 2 unspecified atom stereocenters. The Bertz CT molecular complexity index is 935. The maximum absolute atomic E-state index is 10.9. The third-order valence-electron chi connectivity index (χ3n) is 5.40. The van der Waals surface area contributed by atoms with E-state index in [0.717, 1.165) is 24.4 Å². The molecule has 2 aliphatic rings. The molecule has 1 saturated heterocycles. The molecule has 2 aromatic rings. The monoisotopic (exact) mass is 451 g/mol. The highest BCUT2D eigenvalue weighted by atomic mass is 32.2. The van der Waals surface area contributed by atoms with Crippen molar-refractivity contribution in [2.75, 3.05) is 32.5 Å². The normalized spacial score (nSPS) is 21.5. The van der Waals surface area contributed by atoms with E-state index in [9.17, 15) is 18.6 Å². The second-order valence-corrected chi connectivity index (χ2v) is 9.38. The average molecular weight is 452 g/mol. The number of aliphatic hydroxyl groups is 2. The van der Waals surface area contributed by atoms with Gasteiger partial charge < -0.3 is 24.6 Å². The van der Waals surface area contributed by atoms with Crippen LogP contribution in [0.25, 0.3) is 0 Å². The first-order chi connectivity index (χ1) is 14.6. The van der Waals surface area contributed by atoms with Crippen LogP contribution in [0.4, 0.5) is 0 Å². The number of rotatable bonds is 4. The third kappa shape index (κ3) is 6.91. The molecule has 2 aromatic carbocycles. The van der Waals surface area contributed by atoms with Gasteiger partial charge in [-0.15, -0.1) is 0 Å². The molecule has 0 aliphatic carbocycles. The Kier molecular flexibility index (Phi) is 7.55. The maximum atomic E-state index is 10.9. The molecule has 2 aliphatic heterocycles. The highest BCUT2D eigenvalue weighted by molar-refractivity contribution is 7.85. The fraction of sp³-hybridized carbons (Fsp3) is 0.455. The summed E-state index contributed by atoms with van der Waals surface area (Å²) in [5.74, 6) is 1.40. The molecule has 9 heteroatoms. The van der Waals surface area contributed by atoms with Crippen molar-refractivity contribution in [3.63, 3.8) is 0 Å². The van der Waals surface area contributed by atoms with E-state index in [1.807, 2.05) is 54.6 Å². The van der Waals surface area contributed by atoms with Crippen LogP contribution in [0.3, 0.4) is 0 Å². The van der Waals surface area contributed by atoms with Crippen molar-refractivity contribution < 1.29 is 32.7 Å². The van der Waals surface area contributed by atoms with E-state index in [0.29, 0.717) is 38.0 Å². The Morgan fingerprint density at radius 3 is 2.23 bits per heavy atom. The molecule has 3 N–H and O–H groups in total. The van der Waals surface area contributed by atoms with Crippen LogP contribution in [-0.4, -0.2) is 72.8 Å². The van der Waals surface area contributed by atoms with Gasteiger partial charge in [0.05, 0.1) is 11.9 Å². The Morgan fingerprint density at radius 1 is 1.06 bits per heavy atom. The number of hydrogen-bond acceptors (Lipinski definition) is 7. The van der Waals surface area contributed by atoms with Crippen molar-refractivity contribution in [2.24, 2.45) is 0 Å². The summed E-state index contributed by atoms with van der Waals surface area (Å²) in [4.78, 5) is 2.19. The van der Waals surface area contributed by atoms with Crippen LogP contribution in [-0.2, 0) is 15.7 Å². The molecule has 0 aromatic heterocycles. The average Bonchev–Trinajstić information content (AvgIpc) is 2.74. The zero-order valence-electron chi connectivity index (χ0n) is 17.4. The lowest BCUT2D eigenvalue weighted by molar-refractivity contribution is -0.0565. The van der Waals surface area contributed by atoms with Gasteiger partial charge >= 0.3 is 0 Å². The van der Waals surface area contributed by atoms with E-state index < -0.39 is 21.8 Å². The van der Waals surface area contributed by atoms with Crippen molar-refractivity contribution in [3.8, 4) is 11.5 Å². The summed E-state index contributed by atoms with van der Waals surface area (Å²) < 4.78 is 37.5. The van der Waals surface area contributed by atoms with Crippen LogP contribution in [0.5, 0.6) is 11.5 Å². The van der Waals surface area contributed by atoms with Crippen molar-refractivity contribution in [2.45, 2.75) is 30.7 Å². The second-order valence-electron chi connectivity index (χ2n) is 7.91. The summed E-state index contributed by atoms with van der Waals surface area (Å²) in [6.45, 7) is 2.35. The summed E-state index contributed by atoms with van der Waals surface area (Å²) >= 11 is 0. The zero-order valence-corrected chi connectivity index (χ0v) is 18.2. The van der Waals surface area contributed by atoms with Gasteiger partial charge in [-0.3, -0.25) is 4.55 Å². The lowest BCUT2D eigenvalue weighted by atomic mass is 9.84. The SMILES string of the molecule is CS(=O)(=O)O.OC(CN1CCC(O)(c2ccccc2)CC1)C1COc2ccccc2O1. The first kappa shape index (κ1) is 23.5. The van der Waals surface area contributed by atoms with Gasteiger partial charge in [-0.05, 0) is 30.5 Å². The molecule has 0 spiro atoms. The first-order valence-corrected chi connectivity index (χ1v) is 12.0. The van der Waals surface area contributed by atoms with Gasteiger partial charge in [0, 0.05) is 19.6 Å². The number of benzene rings is 2. The molecule has 170 valence electrons. The van der Waals surface area contributed by atoms with Crippen molar-refractivity contribution in [1.29, 1.82) is 0 Å². The minimum Gasteiger partial charge on any atom is -0.486 e. The lowest BCUT2D eigenvalue weighted by Gasteiger charge is -2.40. The van der Waals surface area contributed by atoms with Gasteiger partial charge in [0.25, 0.3) is 10.1 Å². The van der Waals surface area contributed by atoms with Crippen molar-refractivity contribution in [1.82, 2.24) is 4.90 Å². The predicted molar refractivity (Wildman–Crippen MR) is 116 cm³/mol. The third-order valence-corrected chi connectivity index (χ3v) is 5.40. The molecule has 4 rings (SSSR count). The van der Waals surface area contributed by atoms with E-state index in [1.54, 1.807) is 0 Å². The Hall–Kier alpha value is -2.17. The molecule has 2 atom stereocenters. The molecule has 31 heavy (non-hydrogen) atoms. The predicted octanol–water partition coefficient (Wildman–Crippen LogP) is 1.67. The Balaban J connectivity index is 0.000000491. The first-order valence-electron chi connectivity index (χ1n) is 10.1. The quantitative estimate of drug-likeness (QED) is 0.601. The summed E-state index contributed by atoms with van der Waals surface area (Å²) in [5.41, 5.74) is 0.201. The number of fused-ring (bicyclic) bond motifs is 1. The number of nitrogens with zero attached hydrogens (tertiary/aromatic N) is 1. The van der Waals surface area contributed by atoms with Crippen LogP contribution >= 0.6 is 0 Å². The molecule has 0 saturated carbocycles. The van der Waals surface area contributed by atoms with Crippen LogP contribution in [0.2, 0.25) is 0 Å². The number of para-hydroxylation sites is 2.